The van der Waals surface area contributed by atoms with Crippen LogP contribution in [0.3, 0.4) is 0 Å². The molecule has 0 aliphatic heterocycles. The van der Waals surface area contributed by atoms with Crippen molar-refractivity contribution in [1.82, 2.24) is 5.32 Å². The van der Waals surface area contributed by atoms with E-state index in [1.54, 1.807) is 0 Å². The molecule has 2 N–H and O–H groups in total. The van der Waals surface area contributed by atoms with Gasteiger partial charge in [0.05, 0.1) is 5.02 Å². The first kappa shape index (κ1) is 16.0. The van der Waals surface area contributed by atoms with E-state index >= 15 is 0 Å². The molecule has 106 valence electrons. The highest BCUT2D eigenvalue weighted by Crippen LogP contribution is 2.20. The van der Waals surface area contributed by atoms with Crippen LogP contribution in [-0.4, -0.2) is 23.0 Å². The van der Waals surface area contributed by atoms with Gasteiger partial charge in [-0.25, -0.2) is 4.79 Å². The highest BCUT2D eigenvalue weighted by molar-refractivity contribution is 7.10. The lowest BCUT2D eigenvalue weighted by atomic mass is 10.0. The van der Waals surface area contributed by atoms with Gasteiger partial charge in [-0.05, 0) is 24.8 Å². The first-order chi connectivity index (χ1) is 8.88. The number of carbonyl (C=O) groups is 2. The molecule has 1 aromatic heterocycles. The molecule has 0 fully saturated rings. The van der Waals surface area contributed by atoms with Crippen LogP contribution in [0.4, 0.5) is 0 Å². The van der Waals surface area contributed by atoms with Crippen molar-refractivity contribution in [3.8, 4) is 0 Å². The van der Waals surface area contributed by atoms with Crippen molar-refractivity contribution in [2.45, 2.75) is 39.2 Å². The van der Waals surface area contributed by atoms with Crippen molar-refractivity contribution in [1.29, 1.82) is 0 Å². The second kappa shape index (κ2) is 7.50. The minimum Gasteiger partial charge on any atom is -0.480 e. The maximum Gasteiger partial charge on any atom is 0.326 e. The van der Waals surface area contributed by atoms with Gasteiger partial charge in [0.15, 0.2) is 0 Å². The molecule has 0 aromatic carbocycles. The standard InChI is InChI=1S/C13H18ClNO3S/c1-8(2)5-11(13(17)18)15-12(16)4-3-10-6-9(14)7-19-10/h6-8,11H,3-5H2,1-2H3,(H,15,16)(H,17,18)/t11-/m0/s1. The number of carbonyl (C=O) groups excluding carboxylic acids is 1. The van der Waals surface area contributed by atoms with Crippen molar-refractivity contribution < 1.29 is 14.7 Å². The Balaban J connectivity index is 2.42. The van der Waals surface area contributed by atoms with E-state index in [0.717, 1.165) is 4.88 Å². The van der Waals surface area contributed by atoms with Gasteiger partial charge in [0.25, 0.3) is 0 Å². The molecule has 6 heteroatoms. The number of amides is 1. The molecule has 1 aromatic rings. The average Bonchev–Trinajstić information content (AvgIpc) is 2.71. The molecule has 1 atom stereocenters. The first-order valence-electron chi connectivity index (χ1n) is 6.13. The Morgan fingerprint density at radius 1 is 1.47 bits per heavy atom. The number of thiophene rings is 1. The van der Waals surface area contributed by atoms with Gasteiger partial charge in [-0.2, -0.15) is 0 Å². The van der Waals surface area contributed by atoms with Crippen LogP contribution >= 0.6 is 22.9 Å². The number of nitrogens with one attached hydrogen (secondary N) is 1. The topological polar surface area (TPSA) is 66.4 Å². The van der Waals surface area contributed by atoms with Crippen LogP contribution in [-0.2, 0) is 16.0 Å². The lowest BCUT2D eigenvalue weighted by Gasteiger charge is -2.16. The summed E-state index contributed by atoms with van der Waals surface area (Å²) in [6.07, 6.45) is 1.29. The maximum absolute atomic E-state index is 11.7. The Morgan fingerprint density at radius 3 is 2.63 bits per heavy atom. The van der Waals surface area contributed by atoms with Gasteiger partial charge in [-0.3, -0.25) is 4.79 Å². The fraction of sp³-hybridized carbons (Fsp3) is 0.538. The Morgan fingerprint density at radius 2 is 2.16 bits per heavy atom. The zero-order chi connectivity index (χ0) is 14.4. The fourth-order valence-electron chi connectivity index (χ4n) is 1.68. The Labute approximate surface area is 121 Å². The van der Waals surface area contributed by atoms with Gasteiger partial charge < -0.3 is 10.4 Å². The van der Waals surface area contributed by atoms with Gasteiger partial charge in [0, 0.05) is 16.7 Å². The SMILES string of the molecule is CC(C)C[C@H](NC(=O)CCc1cc(Cl)cs1)C(=O)O. The third-order valence-electron chi connectivity index (χ3n) is 2.56. The smallest absolute Gasteiger partial charge is 0.326 e. The van der Waals surface area contributed by atoms with E-state index in [4.69, 9.17) is 16.7 Å². The van der Waals surface area contributed by atoms with Crippen LogP contribution in [0.5, 0.6) is 0 Å². The summed E-state index contributed by atoms with van der Waals surface area (Å²) in [6, 6.07) is 1.02. The molecule has 0 aliphatic rings. The van der Waals surface area contributed by atoms with E-state index in [-0.39, 0.29) is 18.2 Å². The zero-order valence-electron chi connectivity index (χ0n) is 11.0. The third kappa shape index (κ3) is 6.07. The number of hydrogen-bond donors (Lipinski definition) is 2. The normalized spacial score (nSPS) is 12.4. The molecule has 4 nitrogen and oxygen atoms in total. The van der Waals surface area contributed by atoms with Crippen molar-refractivity contribution in [3.05, 3.63) is 21.3 Å². The van der Waals surface area contributed by atoms with E-state index in [1.807, 2.05) is 25.3 Å². The lowest BCUT2D eigenvalue weighted by Crippen LogP contribution is -2.41. The van der Waals surface area contributed by atoms with Crippen LogP contribution in [0.1, 0.15) is 31.6 Å². The first-order valence-corrected chi connectivity index (χ1v) is 7.39. The summed E-state index contributed by atoms with van der Waals surface area (Å²) in [5.74, 6) is -1.00. The number of aliphatic carboxylic acids is 1. The summed E-state index contributed by atoms with van der Waals surface area (Å²) in [4.78, 5) is 23.8. The number of carboxylic acids is 1. The minimum atomic E-state index is -0.985. The monoisotopic (exact) mass is 303 g/mol. The molecular formula is C13H18ClNO3S. The third-order valence-corrected chi connectivity index (χ3v) is 3.90. The summed E-state index contributed by atoms with van der Waals surface area (Å²) in [7, 11) is 0. The van der Waals surface area contributed by atoms with Crippen LogP contribution in [0.15, 0.2) is 11.4 Å². The van der Waals surface area contributed by atoms with Crippen molar-refractivity contribution in [2.75, 3.05) is 0 Å². The fourth-order valence-corrected chi connectivity index (χ4v) is 2.76. The summed E-state index contributed by atoms with van der Waals surface area (Å²) >= 11 is 7.29. The maximum atomic E-state index is 11.7. The van der Waals surface area contributed by atoms with Crippen molar-refractivity contribution in [3.63, 3.8) is 0 Å². The average molecular weight is 304 g/mol. The second-order valence-electron chi connectivity index (χ2n) is 4.82. The molecule has 0 unspecified atom stereocenters. The predicted molar refractivity (Wildman–Crippen MR) is 76.7 cm³/mol. The largest absolute Gasteiger partial charge is 0.480 e. The van der Waals surface area contributed by atoms with Crippen LogP contribution in [0.2, 0.25) is 5.02 Å². The Hall–Kier alpha value is -1.07. The molecular weight excluding hydrogens is 286 g/mol. The summed E-state index contributed by atoms with van der Waals surface area (Å²) in [5, 5.41) is 14.1. The molecule has 19 heavy (non-hydrogen) atoms. The van der Waals surface area contributed by atoms with Gasteiger partial charge in [0.1, 0.15) is 6.04 Å². The van der Waals surface area contributed by atoms with Gasteiger partial charge in [-0.15, -0.1) is 11.3 Å². The minimum absolute atomic E-state index is 0.220. The number of carboxylic acid groups (broad SMARTS) is 1. The molecule has 0 radical (unpaired) electrons. The predicted octanol–water partition coefficient (Wildman–Crippen LogP) is 2.95. The highest BCUT2D eigenvalue weighted by atomic mass is 35.5. The van der Waals surface area contributed by atoms with Crippen LogP contribution in [0, 0.1) is 5.92 Å². The number of hydrogen-bond acceptors (Lipinski definition) is 3. The van der Waals surface area contributed by atoms with Gasteiger partial charge in [0.2, 0.25) is 5.91 Å². The molecule has 1 amide bonds. The number of aryl methyl sites for hydroxylation is 1. The molecule has 0 saturated carbocycles. The van der Waals surface area contributed by atoms with E-state index in [0.29, 0.717) is 17.9 Å². The molecule has 1 heterocycles. The summed E-state index contributed by atoms with van der Waals surface area (Å²) < 4.78 is 0. The van der Waals surface area contributed by atoms with Crippen molar-refractivity contribution in [2.24, 2.45) is 5.92 Å². The second-order valence-corrected chi connectivity index (χ2v) is 6.25. The van der Waals surface area contributed by atoms with E-state index < -0.39 is 12.0 Å². The quantitative estimate of drug-likeness (QED) is 0.814. The molecule has 0 aliphatic carbocycles. The van der Waals surface area contributed by atoms with E-state index in [2.05, 4.69) is 5.32 Å². The lowest BCUT2D eigenvalue weighted by molar-refractivity contribution is -0.142. The molecule has 1 rings (SSSR count). The summed E-state index contributed by atoms with van der Waals surface area (Å²) in [6.45, 7) is 3.85. The Kier molecular flexibility index (Phi) is 6.31. The number of halogens is 1. The zero-order valence-corrected chi connectivity index (χ0v) is 12.6. The molecule has 0 saturated heterocycles. The molecule has 0 spiro atoms. The summed E-state index contributed by atoms with van der Waals surface area (Å²) in [5.41, 5.74) is 0. The molecule has 0 bridgehead atoms. The van der Waals surface area contributed by atoms with E-state index in [9.17, 15) is 9.59 Å². The Bertz CT molecular complexity index is 445. The number of rotatable bonds is 7. The highest BCUT2D eigenvalue weighted by Gasteiger charge is 2.20. The van der Waals surface area contributed by atoms with Crippen LogP contribution in [0.25, 0.3) is 0 Å². The van der Waals surface area contributed by atoms with E-state index in [1.165, 1.54) is 11.3 Å². The van der Waals surface area contributed by atoms with Crippen molar-refractivity contribution >= 4 is 34.8 Å². The van der Waals surface area contributed by atoms with Gasteiger partial charge >= 0.3 is 5.97 Å². The van der Waals surface area contributed by atoms with Gasteiger partial charge in [-0.1, -0.05) is 25.4 Å². The van der Waals surface area contributed by atoms with Crippen LogP contribution < -0.4 is 5.32 Å².